The largest absolute Gasteiger partial charge is 0.479 e. The Hall–Kier alpha value is -2.68. The molecule has 2 N–H and O–H groups in total. The van der Waals surface area contributed by atoms with Crippen molar-refractivity contribution in [3.05, 3.63) is 72.3 Å². The predicted octanol–water partition coefficient (Wildman–Crippen LogP) is 4.44. The Labute approximate surface area is 181 Å². The molecule has 1 heterocycles. The molecule has 8 heteroatoms. The van der Waals surface area contributed by atoms with Crippen molar-refractivity contribution in [1.29, 1.82) is 0 Å². The standard InChI is InChI=1S/C22H22N2O4S2/c1-23(2)17-10-8-16(9-11-17)19-12-13-20(29-19)24(30(27)28)22(21(25)26)14-18(22)15-6-4-3-5-7-15/h3-13,18H,14H2,1-2H3,(H,25,26)(H,27,28). The molecule has 6 nitrogen and oxygen atoms in total. The number of carboxylic acids is 1. The lowest BCUT2D eigenvalue weighted by Gasteiger charge is -2.26. The van der Waals surface area contributed by atoms with E-state index in [4.69, 9.17) is 0 Å². The molecular formula is C22H22N2O4S2. The van der Waals surface area contributed by atoms with Gasteiger partial charge in [0.15, 0.2) is 5.54 Å². The quantitative estimate of drug-likeness (QED) is 0.529. The summed E-state index contributed by atoms with van der Waals surface area (Å²) in [6.07, 6.45) is 0.281. The molecule has 0 spiro atoms. The maximum Gasteiger partial charge on any atom is 0.331 e. The molecule has 1 fully saturated rings. The van der Waals surface area contributed by atoms with E-state index in [1.54, 1.807) is 6.07 Å². The molecule has 3 aromatic rings. The number of anilines is 2. The van der Waals surface area contributed by atoms with Crippen LogP contribution in [0, 0.1) is 0 Å². The number of carboxylic acid groups (broad SMARTS) is 1. The van der Waals surface area contributed by atoms with Crippen LogP contribution in [0.1, 0.15) is 17.9 Å². The minimum Gasteiger partial charge on any atom is -0.479 e. The van der Waals surface area contributed by atoms with Gasteiger partial charge in [-0.15, -0.1) is 11.3 Å². The minimum absolute atomic E-state index is 0.281. The van der Waals surface area contributed by atoms with Gasteiger partial charge in [0.2, 0.25) is 0 Å². The topological polar surface area (TPSA) is 81.1 Å². The zero-order valence-corrected chi connectivity index (χ0v) is 18.2. The smallest absolute Gasteiger partial charge is 0.331 e. The van der Waals surface area contributed by atoms with Gasteiger partial charge in [0.25, 0.3) is 11.3 Å². The van der Waals surface area contributed by atoms with Crippen LogP contribution in [0.15, 0.2) is 66.7 Å². The molecule has 0 aliphatic heterocycles. The second-order valence-corrected chi connectivity index (χ2v) is 9.39. The highest BCUT2D eigenvalue weighted by atomic mass is 32.2. The normalized spacial score (nSPS) is 21.1. The third-order valence-electron chi connectivity index (χ3n) is 5.48. The van der Waals surface area contributed by atoms with Crippen LogP contribution < -0.4 is 9.21 Å². The Morgan fingerprint density at radius 2 is 1.73 bits per heavy atom. The van der Waals surface area contributed by atoms with Crippen LogP contribution in [0.25, 0.3) is 10.4 Å². The first-order valence-electron chi connectivity index (χ1n) is 9.41. The highest BCUT2D eigenvalue weighted by Gasteiger charge is 2.67. The van der Waals surface area contributed by atoms with Gasteiger partial charge in [0.05, 0.1) is 0 Å². The van der Waals surface area contributed by atoms with Gasteiger partial charge in [-0.05, 0) is 41.8 Å². The molecule has 0 radical (unpaired) electrons. The summed E-state index contributed by atoms with van der Waals surface area (Å²) in [7, 11) is 3.94. The van der Waals surface area contributed by atoms with Crippen LogP contribution >= 0.6 is 11.3 Å². The van der Waals surface area contributed by atoms with Gasteiger partial charge >= 0.3 is 5.97 Å². The van der Waals surface area contributed by atoms with Crippen molar-refractivity contribution in [2.75, 3.05) is 23.3 Å². The molecule has 3 atom stereocenters. The highest BCUT2D eigenvalue weighted by molar-refractivity contribution is 7.81. The molecule has 0 saturated heterocycles. The van der Waals surface area contributed by atoms with E-state index in [2.05, 4.69) is 0 Å². The SMILES string of the molecule is CN(C)c1ccc(-c2ccc(N(S(=O)O)C3(C(=O)O)CC3c3ccccc3)s2)cc1. The fourth-order valence-corrected chi connectivity index (χ4v) is 5.88. The van der Waals surface area contributed by atoms with Gasteiger partial charge < -0.3 is 10.0 Å². The number of carbonyl (C=O) groups is 1. The summed E-state index contributed by atoms with van der Waals surface area (Å²) in [5.74, 6) is -1.44. The third kappa shape index (κ3) is 3.51. The number of benzene rings is 2. The van der Waals surface area contributed by atoms with Crippen LogP contribution in [0.2, 0.25) is 0 Å². The van der Waals surface area contributed by atoms with E-state index in [9.17, 15) is 18.7 Å². The molecule has 4 rings (SSSR count). The zero-order chi connectivity index (χ0) is 21.5. The Kier molecular flexibility index (Phi) is 5.40. The highest BCUT2D eigenvalue weighted by Crippen LogP contribution is 2.58. The van der Waals surface area contributed by atoms with Crippen molar-refractivity contribution in [3.8, 4) is 10.4 Å². The summed E-state index contributed by atoms with van der Waals surface area (Å²) < 4.78 is 23.5. The molecular weight excluding hydrogens is 420 g/mol. The molecule has 1 saturated carbocycles. The number of aliphatic carboxylic acids is 1. The number of hydrogen-bond acceptors (Lipinski definition) is 4. The molecule has 3 unspecified atom stereocenters. The monoisotopic (exact) mass is 442 g/mol. The number of hydrogen-bond donors (Lipinski definition) is 2. The maximum absolute atomic E-state index is 12.3. The van der Waals surface area contributed by atoms with Crippen molar-refractivity contribution < 1.29 is 18.7 Å². The summed E-state index contributed by atoms with van der Waals surface area (Å²) in [6, 6.07) is 20.8. The van der Waals surface area contributed by atoms with Crippen molar-refractivity contribution in [2.45, 2.75) is 17.9 Å². The average molecular weight is 443 g/mol. The van der Waals surface area contributed by atoms with Gasteiger partial charge in [0, 0.05) is 30.6 Å². The van der Waals surface area contributed by atoms with E-state index in [-0.39, 0.29) is 12.3 Å². The molecule has 0 bridgehead atoms. The van der Waals surface area contributed by atoms with Crippen molar-refractivity contribution >= 4 is 39.3 Å². The number of nitrogens with zero attached hydrogens (tertiary/aromatic N) is 2. The summed E-state index contributed by atoms with van der Waals surface area (Å²) >= 11 is -1.16. The van der Waals surface area contributed by atoms with Crippen LogP contribution in [0.3, 0.4) is 0 Å². The summed E-state index contributed by atoms with van der Waals surface area (Å²) in [6.45, 7) is 0. The zero-order valence-electron chi connectivity index (χ0n) is 16.6. The Morgan fingerprint density at radius 1 is 1.07 bits per heavy atom. The number of rotatable bonds is 7. The van der Waals surface area contributed by atoms with Crippen LogP contribution in [0.4, 0.5) is 10.7 Å². The summed E-state index contributed by atoms with van der Waals surface area (Å²) in [5, 5.41) is 10.5. The molecule has 1 aromatic heterocycles. The van der Waals surface area contributed by atoms with E-state index in [0.717, 1.165) is 26.0 Å². The van der Waals surface area contributed by atoms with E-state index in [1.165, 1.54) is 11.3 Å². The lowest BCUT2D eigenvalue weighted by Crippen LogP contribution is -2.45. The van der Waals surface area contributed by atoms with E-state index in [0.29, 0.717) is 5.00 Å². The van der Waals surface area contributed by atoms with Gasteiger partial charge in [-0.25, -0.2) is 13.3 Å². The molecule has 156 valence electrons. The minimum atomic E-state index is -2.47. The Bertz CT molecular complexity index is 1080. The van der Waals surface area contributed by atoms with Crippen LogP contribution in [0.5, 0.6) is 0 Å². The summed E-state index contributed by atoms with van der Waals surface area (Å²) in [4.78, 5) is 15.2. The van der Waals surface area contributed by atoms with E-state index in [1.807, 2.05) is 79.7 Å². The molecule has 0 amide bonds. The summed E-state index contributed by atoms with van der Waals surface area (Å²) in [5.41, 5.74) is 1.46. The first-order chi connectivity index (χ1) is 14.3. The fourth-order valence-electron chi connectivity index (χ4n) is 3.81. The molecule has 1 aliphatic carbocycles. The second kappa shape index (κ2) is 7.86. The van der Waals surface area contributed by atoms with Gasteiger partial charge in [-0.3, -0.25) is 4.55 Å². The average Bonchev–Trinajstić information content (AvgIpc) is 3.29. The van der Waals surface area contributed by atoms with Crippen molar-refractivity contribution in [2.24, 2.45) is 0 Å². The fraction of sp³-hybridized carbons (Fsp3) is 0.227. The lowest BCUT2D eigenvalue weighted by atomic mass is 10.1. The van der Waals surface area contributed by atoms with Gasteiger partial charge in [-0.2, -0.15) is 0 Å². The molecule has 2 aromatic carbocycles. The van der Waals surface area contributed by atoms with Crippen LogP contribution in [-0.4, -0.2) is 39.5 Å². The maximum atomic E-state index is 12.3. The first kappa shape index (κ1) is 20.6. The molecule has 1 aliphatic rings. The van der Waals surface area contributed by atoms with E-state index >= 15 is 0 Å². The number of thiophene rings is 1. The van der Waals surface area contributed by atoms with Crippen molar-refractivity contribution in [1.82, 2.24) is 0 Å². The predicted molar refractivity (Wildman–Crippen MR) is 121 cm³/mol. The second-order valence-electron chi connectivity index (χ2n) is 7.50. The van der Waals surface area contributed by atoms with Crippen molar-refractivity contribution in [3.63, 3.8) is 0 Å². The van der Waals surface area contributed by atoms with Crippen LogP contribution in [-0.2, 0) is 16.1 Å². The first-order valence-corrected chi connectivity index (χ1v) is 11.3. The van der Waals surface area contributed by atoms with Gasteiger partial charge in [-0.1, -0.05) is 42.5 Å². The Morgan fingerprint density at radius 3 is 2.30 bits per heavy atom. The lowest BCUT2D eigenvalue weighted by molar-refractivity contribution is -0.139. The van der Waals surface area contributed by atoms with Gasteiger partial charge in [0.1, 0.15) is 5.00 Å². The Balaban J connectivity index is 1.69. The third-order valence-corrected chi connectivity index (χ3v) is 7.55. The van der Waals surface area contributed by atoms with E-state index < -0.39 is 22.8 Å². The molecule has 30 heavy (non-hydrogen) atoms.